The molecule has 9 heteroatoms. The number of hydrogen-bond acceptors (Lipinski definition) is 6. The minimum absolute atomic E-state index is 0.0107. The number of benzene rings is 2. The van der Waals surface area contributed by atoms with Gasteiger partial charge in [0.15, 0.2) is 6.61 Å². The number of esters is 1. The average Bonchev–Trinajstić information content (AvgIpc) is 3.50. The van der Waals surface area contributed by atoms with Crippen molar-refractivity contribution in [2.45, 2.75) is 31.8 Å². The summed E-state index contributed by atoms with van der Waals surface area (Å²) in [4.78, 5) is 35.0. The van der Waals surface area contributed by atoms with Crippen LogP contribution >= 0.6 is 11.6 Å². The molecule has 152 valence electrons. The molecular formula is C20H20ClN3O5. The lowest BCUT2D eigenvalue weighted by Crippen LogP contribution is -2.31. The van der Waals surface area contributed by atoms with E-state index in [0.717, 1.165) is 24.5 Å². The van der Waals surface area contributed by atoms with E-state index >= 15 is 0 Å². The van der Waals surface area contributed by atoms with E-state index in [2.05, 4.69) is 10.6 Å². The minimum Gasteiger partial charge on any atom is -0.452 e. The Labute approximate surface area is 172 Å². The minimum atomic E-state index is -0.805. The van der Waals surface area contributed by atoms with Crippen LogP contribution in [0.25, 0.3) is 0 Å². The van der Waals surface area contributed by atoms with Crippen LogP contribution in [-0.4, -0.2) is 29.4 Å². The molecule has 0 bridgehead atoms. The number of ether oxygens (including phenoxy) is 1. The Balaban J connectivity index is 1.56. The summed E-state index contributed by atoms with van der Waals surface area (Å²) in [5.41, 5.74) is 1.02. The quantitative estimate of drug-likeness (QED) is 0.383. The van der Waals surface area contributed by atoms with Crippen molar-refractivity contribution >= 4 is 34.9 Å². The van der Waals surface area contributed by atoms with Crippen LogP contribution in [0.5, 0.6) is 0 Å². The fraction of sp³-hybridized carbons (Fsp3) is 0.300. The molecule has 0 aromatic heterocycles. The second-order valence-corrected chi connectivity index (χ2v) is 7.26. The zero-order valence-electron chi connectivity index (χ0n) is 15.7. The smallest absolute Gasteiger partial charge is 0.338 e. The Morgan fingerprint density at radius 3 is 2.55 bits per heavy atom. The summed E-state index contributed by atoms with van der Waals surface area (Å²) in [6.07, 6.45) is 1.93. The molecule has 1 amide bonds. The fourth-order valence-corrected chi connectivity index (χ4v) is 2.84. The normalized spacial score (nSPS) is 14.0. The summed E-state index contributed by atoms with van der Waals surface area (Å²) in [6.45, 7) is 1.30. The molecule has 0 spiro atoms. The van der Waals surface area contributed by atoms with Gasteiger partial charge in [0.2, 0.25) is 0 Å². The van der Waals surface area contributed by atoms with Crippen LogP contribution in [0.2, 0.25) is 5.02 Å². The van der Waals surface area contributed by atoms with Crippen molar-refractivity contribution in [3.8, 4) is 0 Å². The number of nitrogens with zero attached hydrogens (tertiary/aromatic N) is 1. The largest absolute Gasteiger partial charge is 0.452 e. The van der Waals surface area contributed by atoms with Gasteiger partial charge < -0.3 is 15.4 Å². The number of nitro groups is 1. The summed E-state index contributed by atoms with van der Waals surface area (Å²) in [5.74, 6) is -1.29. The number of amides is 1. The van der Waals surface area contributed by atoms with E-state index in [-0.39, 0.29) is 23.3 Å². The molecule has 0 radical (unpaired) electrons. The maximum atomic E-state index is 12.2. The molecule has 1 fully saturated rings. The van der Waals surface area contributed by atoms with E-state index in [0.29, 0.717) is 10.7 Å². The van der Waals surface area contributed by atoms with Crippen LogP contribution in [-0.2, 0) is 9.53 Å². The van der Waals surface area contributed by atoms with Crippen molar-refractivity contribution in [3.63, 3.8) is 0 Å². The van der Waals surface area contributed by atoms with E-state index in [1.165, 1.54) is 12.1 Å². The van der Waals surface area contributed by atoms with Crippen molar-refractivity contribution in [2.24, 2.45) is 0 Å². The van der Waals surface area contributed by atoms with Gasteiger partial charge in [0.05, 0.1) is 16.5 Å². The predicted octanol–water partition coefficient (Wildman–Crippen LogP) is 3.86. The van der Waals surface area contributed by atoms with Crippen molar-refractivity contribution in [3.05, 3.63) is 68.7 Å². The number of hydrogen-bond donors (Lipinski definition) is 2. The molecule has 3 rings (SSSR count). The lowest BCUT2D eigenvalue weighted by molar-refractivity contribution is -0.384. The lowest BCUT2D eigenvalue weighted by Gasteiger charge is -2.14. The average molecular weight is 418 g/mol. The van der Waals surface area contributed by atoms with Gasteiger partial charge in [0.1, 0.15) is 5.69 Å². The van der Waals surface area contributed by atoms with Gasteiger partial charge in [-0.2, -0.15) is 0 Å². The highest BCUT2D eigenvalue weighted by Crippen LogP contribution is 2.31. The van der Waals surface area contributed by atoms with Crippen LogP contribution in [0.4, 0.5) is 11.4 Å². The highest BCUT2D eigenvalue weighted by molar-refractivity contribution is 6.30. The van der Waals surface area contributed by atoms with E-state index in [1.807, 2.05) is 0 Å². The molecular weight excluding hydrogens is 398 g/mol. The Morgan fingerprint density at radius 2 is 1.93 bits per heavy atom. The Kier molecular flexibility index (Phi) is 6.33. The molecule has 2 N–H and O–H groups in total. The van der Waals surface area contributed by atoms with Crippen molar-refractivity contribution in [2.75, 3.05) is 11.9 Å². The maximum absolute atomic E-state index is 12.2. The van der Waals surface area contributed by atoms with Gasteiger partial charge in [-0.25, -0.2) is 4.79 Å². The van der Waals surface area contributed by atoms with Crippen molar-refractivity contribution in [1.82, 2.24) is 5.32 Å². The number of carbonyl (C=O) groups excluding carboxylic acids is 2. The fourth-order valence-electron chi connectivity index (χ4n) is 2.71. The van der Waals surface area contributed by atoms with Crippen molar-refractivity contribution in [1.29, 1.82) is 0 Å². The van der Waals surface area contributed by atoms with E-state index < -0.39 is 23.4 Å². The molecule has 0 aliphatic heterocycles. The number of carbonyl (C=O) groups is 2. The predicted molar refractivity (Wildman–Crippen MR) is 108 cm³/mol. The van der Waals surface area contributed by atoms with Gasteiger partial charge >= 0.3 is 5.97 Å². The zero-order valence-corrected chi connectivity index (χ0v) is 16.4. The first-order valence-corrected chi connectivity index (χ1v) is 9.48. The van der Waals surface area contributed by atoms with Crippen LogP contribution < -0.4 is 10.6 Å². The monoisotopic (exact) mass is 417 g/mol. The number of nitrogens with one attached hydrogen (secondary N) is 2. The van der Waals surface area contributed by atoms with Gasteiger partial charge in [-0.1, -0.05) is 23.7 Å². The first-order valence-electron chi connectivity index (χ1n) is 9.10. The highest BCUT2D eigenvalue weighted by atomic mass is 35.5. The SMILES string of the molecule is C[C@H](NC(=O)COC(=O)c1ccc(NC2CC2)c([N+](=O)[O-])c1)c1ccc(Cl)cc1. The molecule has 8 nitrogen and oxygen atoms in total. The number of anilines is 1. The molecule has 2 aromatic carbocycles. The van der Waals surface area contributed by atoms with Crippen LogP contribution in [0.1, 0.15) is 41.7 Å². The second-order valence-electron chi connectivity index (χ2n) is 6.82. The first kappa shape index (κ1) is 20.6. The second kappa shape index (κ2) is 8.91. The van der Waals surface area contributed by atoms with Gasteiger partial charge in [0, 0.05) is 17.1 Å². The van der Waals surface area contributed by atoms with E-state index in [4.69, 9.17) is 16.3 Å². The van der Waals surface area contributed by atoms with E-state index in [9.17, 15) is 19.7 Å². The number of rotatable bonds is 8. The van der Waals surface area contributed by atoms with Gasteiger partial charge in [-0.15, -0.1) is 0 Å². The molecule has 0 saturated heterocycles. The molecule has 1 atom stereocenters. The number of nitro benzene ring substituents is 1. The summed E-state index contributed by atoms with van der Waals surface area (Å²) in [7, 11) is 0. The zero-order chi connectivity index (χ0) is 21.0. The molecule has 1 saturated carbocycles. The third kappa shape index (κ3) is 5.68. The van der Waals surface area contributed by atoms with E-state index in [1.54, 1.807) is 31.2 Å². The Morgan fingerprint density at radius 1 is 1.24 bits per heavy atom. The summed E-state index contributed by atoms with van der Waals surface area (Å²) >= 11 is 5.84. The van der Waals surface area contributed by atoms with Gasteiger partial charge in [0.25, 0.3) is 11.6 Å². The van der Waals surface area contributed by atoms with Crippen molar-refractivity contribution < 1.29 is 19.2 Å². The van der Waals surface area contributed by atoms with Crippen LogP contribution in [0, 0.1) is 10.1 Å². The third-order valence-corrected chi connectivity index (χ3v) is 4.70. The third-order valence-electron chi connectivity index (χ3n) is 4.45. The molecule has 0 heterocycles. The summed E-state index contributed by atoms with van der Waals surface area (Å²) in [5, 5.41) is 17.6. The number of halogens is 1. The molecule has 1 aliphatic carbocycles. The standard InChI is InChI=1S/C20H20ClN3O5/c1-12(13-2-5-15(21)6-3-13)22-19(25)11-29-20(26)14-4-9-17(23-16-7-8-16)18(10-14)24(27)28/h2-6,9-10,12,16,23H,7-8,11H2,1H3,(H,22,25)/t12-/m0/s1. The summed E-state index contributed by atoms with van der Waals surface area (Å²) < 4.78 is 5.00. The Bertz CT molecular complexity index is 928. The van der Waals surface area contributed by atoms with Crippen LogP contribution in [0.15, 0.2) is 42.5 Å². The maximum Gasteiger partial charge on any atom is 0.338 e. The molecule has 1 aliphatic rings. The van der Waals surface area contributed by atoms with Gasteiger partial charge in [-0.05, 0) is 49.6 Å². The first-order chi connectivity index (χ1) is 13.8. The highest BCUT2D eigenvalue weighted by Gasteiger charge is 2.26. The Hall–Kier alpha value is -3.13. The molecule has 0 unspecified atom stereocenters. The summed E-state index contributed by atoms with van der Waals surface area (Å²) in [6, 6.07) is 11.0. The van der Waals surface area contributed by atoms with Gasteiger partial charge in [-0.3, -0.25) is 14.9 Å². The lowest BCUT2D eigenvalue weighted by atomic mass is 10.1. The molecule has 29 heavy (non-hydrogen) atoms. The molecule has 2 aromatic rings. The van der Waals surface area contributed by atoms with Crippen LogP contribution in [0.3, 0.4) is 0 Å². The topological polar surface area (TPSA) is 111 Å².